The first-order valence-corrected chi connectivity index (χ1v) is 9.92. The Morgan fingerprint density at radius 1 is 0.879 bits per heavy atom. The minimum atomic E-state index is -0.596. The molecule has 2 N–H and O–H groups in total. The molecule has 0 radical (unpaired) electrons. The average molecular weight is 442 g/mol. The van der Waals surface area contributed by atoms with Crippen molar-refractivity contribution in [3.8, 4) is 5.75 Å². The molecule has 33 heavy (non-hydrogen) atoms. The zero-order valence-electron chi connectivity index (χ0n) is 17.2. The van der Waals surface area contributed by atoms with Gasteiger partial charge < -0.3 is 14.7 Å². The van der Waals surface area contributed by atoms with Crippen LogP contribution in [-0.4, -0.2) is 19.9 Å². The zero-order valence-corrected chi connectivity index (χ0v) is 17.2. The van der Waals surface area contributed by atoms with Crippen molar-refractivity contribution < 1.29 is 9.66 Å². The van der Waals surface area contributed by atoms with Crippen LogP contribution >= 0.6 is 0 Å². The molecule has 0 saturated heterocycles. The maximum atomic E-state index is 12.5. The number of pyridine rings is 1. The quantitative estimate of drug-likeness (QED) is 0.345. The number of para-hydroxylation sites is 1. The van der Waals surface area contributed by atoms with Crippen LogP contribution in [0.15, 0.2) is 82.5 Å². The Labute approximate surface area is 186 Å². The normalized spacial score (nSPS) is 12.0. The summed E-state index contributed by atoms with van der Waals surface area (Å²) in [6.45, 7) is 0.399. The molecule has 0 spiro atoms. The number of aromatic nitrogens is 3. The highest BCUT2D eigenvalue weighted by Crippen LogP contribution is 2.17. The van der Waals surface area contributed by atoms with Gasteiger partial charge in [-0.15, -0.1) is 0 Å². The second kappa shape index (κ2) is 9.56. The van der Waals surface area contributed by atoms with Gasteiger partial charge in [-0.1, -0.05) is 42.5 Å². The molecule has 0 atom stereocenters. The Morgan fingerprint density at radius 2 is 1.55 bits per heavy atom. The topological polar surface area (TPSA) is 131 Å². The van der Waals surface area contributed by atoms with Gasteiger partial charge in [-0.05, 0) is 35.9 Å². The Bertz CT molecular complexity index is 1520. The van der Waals surface area contributed by atoms with Gasteiger partial charge in [0.2, 0.25) is 0 Å². The fourth-order valence-corrected chi connectivity index (χ4v) is 3.08. The van der Waals surface area contributed by atoms with Crippen LogP contribution in [-0.2, 0) is 6.61 Å². The number of ether oxygens (including phenoxy) is 1. The number of nitrogens with one attached hydrogen (secondary N) is 2. The molecule has 0 unspecified atom stereocenters. The molecule has 0 aliphatic heterocycles. The lowest BCUT2D eigenvalue weighted by molar-refractivity contribution is -0.385. The van der Waals surface area contributed by atoms with Crippen LogP contribution in [0.5, 0.6) is 5.75 Å². The Hall–Kier alpha value is -4.79. The molecule has 0 fully saturated rings. The van der Waals surface area contributed by atoms with E-state index in [0.29, 0.717) is 18.1 Å². The van der Waals surface area contributed by atoms with Crippen molar-refractivity contribution in [2.45, 2.75) is 6.61 Å². The lowest BCUT2D eigenvalue weighted by Gasteiger charge is -2.05. The van der Waals surface area contributed by atoms with E-state index in [2.05, 4.69) is 15.0 Å². The molecule has 2 aromatic carbocycles. The number of hydrogen-bond donors (Lipinski definition) is 2. The van der Waals surface area contributed by atoms with Crippen molar-refractivity contribution in [3.63, 3.8) is 0 Å². The minimum absolute atomic E-state index is 0.00478. The lowest BCUT2D eigenvalue weighted by atomic mass is 10.1. The van der Waals surface area contributed by atoms with E-state index in [9.17, 15) is 19.7 Å². The number of H-pyrrole nitrogens is 2. The predicted octanol–water partition coefficient (Wildman–Crippen LogP) is 1.60. The second-order valence-corrected chi connectivity index (χ2v) is 7.03. The van der Waals surface area contributed by atoms with Gasteiger partial charge in [-0.2, -0.15) is 0 Å². The summed E-state index contributed by atoms with van der Waals surface area (Å²) in [6, 6.07) is 19.0. The fraction of sp³-hybridized carbons (Fsp3) is 0.0417. The molecule has 4 aromatic rings. The lowest BCUT2D eigenvalue weighted by Crippen LogP contribution is -2.46. The summed E-state index contributed by atoms with van der Waals surface area (Å²) < 4.78 is 5.68. The van der Waals surface area contributed by atoms with Gasteiger partial charge in [0.1, 0.15) is 23.1 Å². The average Bonchev–Trinajstić information content (AvgIpc) is 2.82. The molecule has 0 amide bonds. The highest BCUT2D eigenvalue weighted by atomic mass is 16.6. The third-order valence-corrected chi connectivity index (χ3v) is 4.72. The van der Waals surface area contributed by atoms with Crippen LogP contribution in [0, 0.1) is 10.1 Å². The predicted molar refractivity (Wildman–Crippen MR) is 122 cm³/mol. The summed E-state index contributed by atoms with van der Waals surface area (Å²) >= 11 is 0. The van der Waals surface area contributed by atoms with Crippen LogP contribution in [0.3, 0.4) is 0 Å². The number of benzene rings is 2. The highest BCUT2D eigenvalue weighted by Gasteiger charge is 2.10. The van der Waals surface area contributed by atoms with Crippen LogP contribution in [0.1, 0.15) is 16.8 Å². The smallest absolute Gasteiger partial charge is 0.276 e. The van der Waals surface area contributed by atoms with E-state index in [1.54, 1.807) is 18.2 Å². The minimum Gasteiger partial charge on any atom is -0.487 e. The Kier molecular flexibility index (Phi) is 6.21. The molecule has 0 bridgehead atoms. The third kappa shape index (κ3) is 5.28. The van der Waals surface area contributed by atoms with Crippen LogP contribution < -0.4 is 26.6 Å². The molecular weight excluding hydrogens is 424 g/mol. The number of nitro groups is 1. The largest absolute Gasteiger partial charge is 0.487 e. The molecule has 9 nitrogen and oxygen atoms in total. The number of nitro benzene ring substituents is 1. The summed E-state index contributed by atoms with van der Waals surface area (Å²) in [4.78, 5) is 44.7. The van der Waals surface area contributed by atoms with Crippen LogP contribution in [0.25, 0.3) is 12.2 Å². The van der Waals surface area contributed by atoms with Crippen LogP contribution in [0.2, 0.25) is 0 Å². The van der Waals surface area contributed by atoms with Gasteiger partial charge in [0.25, 0.3) is 16.8 Å². The van der Waals surface area contributed by atoms with Crippen molar-refractivity contribution in [1.29, 1.82) is 0 Å². The summed E-state index contributed by atoms with van der Waals surface area (Å²) in [7, 11) is 0. The summed E-state index contributed by atoms with van der Waals surface area (Å²) in [5.41, 5.74) is 0.335. The molecular formula is C24H18N4O5. The van der Waals surface area contributed by atoms with Gasteiger partial charge in [-0.25, -0.2) is 0 Å². The van der Waals surface area contributed by atoms with Gasteiger partial charge >= 0.3 is 0 Å². The van der Waals surface area contributed by atoms with Gasteiger partial charge in [0, 0.05) is 6.07 Å². The first-order chi connectivity index (χ1) is 16.0. The van der Waals surface area contributed by atoms with Gasteiger partial charge in [0.05, 0.1) is 22.4 Å². The number of nitrogens with zero attached hydrogens (tertiary/aromatic N) is 2. The molecule has 9 heteroatoms. The summed E-state index contributed by atoms with van der Waals surface area (Å²) in [6.07, 6.45) is 4.22. The molecule has 4 rings (SSSR count). The van der Waals surface area contributed by atoms with Crippen molar-refractivity contribution in [2.75, 3.05) is 0 Å². The standard InChI is InChI=1S/C24H18N4O5/c29-23-20(12-17-8-4-5-9-22(17)28(31)32)26-24(30)21(27-23)13-18-10-11-19(14-25-18)33-15-16-6-2-1-3-7-16/h1-14H,15H2,(H,26,30)(H,27,29). The summed E-state index contributed by atoms with van der Waals surface area (Å²) in [5, 5.41) is 11.1. The number of aromatic amines is 2. The zero-order chi connectivity index (χ0) is 23.2. The van der Waals surface area contributed by atoms with E-state index in [4.69, 9.17) is 4.74 Å². The monoisotopic (exact) mass is 442 g/mol. The van der Waals surface area contributed by atoms with E-state index in [1.807, 2.05) is 30.3 Å². The molecule has 0 aliphatic carbocycles. The van der Waals surface area contributed by atoms with Crippen molar-refractivity contribution in [1.82, 2.24) is 15.0 Å². The maximum absolute atomic E-state index is 12.5. The first-order valence-electron chi connectivity index (χ1n) is 9.92. The Morgan fingerprint density at radius 3 is 2.21 bits per heavy atom. The molecule has 2 aromatic heterocycles. The second-order valence-electron chi connectivity index (χ2n) is 7.03. The molecule has 0 saturated carbocycles. The number of rotatable bonds is 6. The van der Waals surface area contributed by atoms with Crippen molar-refractivity contribution in [2.24, 2.45) is 0 Å². The SMILES string of the molecule is O=c1[nH]c(=Cc2ccccc2[N+](=O)[O-])c(=O)[nH]c1=Cc1ccc(OCc2ccccc2)cn1. The van der Waals surface area contributed by atoms with E-state index in [1.165, 1.54) is 36.5 Å². The molecule has 2 heterocycles. The fourth-order valence-electron chi connectivity index (χ4n) is 3.08. The first kappa shape index (κ1) is 21.4. The van der Waals surface area contributed by atoms with E-state index in [0.717, 1.165) is 5.56 Å². The molecule has 164 valence electrons. The van der Waals surface area contributed by atoms with Crippen LogP contribution in [0.4, 0.5) is 5.69 Å². The molecule has 0 aliphatic rings. The highest BCUT2D eigenvalue weighted by molar-refractivity contribution is 5.59. The maximum Gasteiger partial charge on any atom is 0.276 e. The van der Waals surface area contributed by atoms with Crippen molar-refractivity contribution >= 4 is 17.8 Å². The van der Waals surface area contributed by atoms with E-state index >= 15 is 0 Å². The summed E-state index contributed by atoms with van der Waals surface area (Å²) in [5.74, 6) is 0.563. The van der Waals surface area contributed by atoms with Gasteiger partial charge in [0.15, 0.2) is 0 Å². The van der Waals surface area contributed by atoms with E-state index < -0.39 is 16.0 Å². The van der Waals surface area contributed by atoms with Crippen molar-refractivity contribution in [3.05, 3.63) is 131 Å². The van der Waals surface area contributed by atoms with Gasteiger partial charge in [-0.3, -0.25) is 24.7 Å². The third-order valence-electron chi connectivity index (χ3n) is 4.72. The Balaban J connectivity index is 1.60. The van der Waals surface area contributed by atoms with E-state index in [-0.39, 0.29) is 21.9 Å². The number of hydrogen-bond acceptors (Lipinski definition) is 6.